The van der Waals surface area contributed by atoms with Crippen LogP contribution >= 0.6 is 0 Å². The molecule has 2 aromatic carbocycles. The lowest BCUT2D eigenvalue weighted by Crippen LogP contribution is -2.44. The molecule has 1 aliphatic rings. The van der Waals surface area contributed by atoms with Gasteiger partial charge in [-0.05, 0) is 76.7 Å². The molecular formula is C30H35N7O2. The summed E-state index contributed by atoms with van der Waals surface area (Å²) < 4.78 is 5.47. The van der Waals surface area contributed by atoms with Crippen LogP contribution in [0.5, 0.6) is 0 Å². The lowest BCUT2D eigenvalue weighted by atomic mass is 9.99. The molecule has 0 radical (unpaired) electrons. The molecule has 1 amide bonds. The van der Waals surface area contributed by atoms with Gasteiger partial charge in [0, 0.05) is 72.7 Å². The van der Waals surface area contributed by atoms with E-state index in [0.29, 0.717) is 22.5 Å². The molecule has 0 saturated carbocycles. The van der Waals surface area contributed by atoms with Crippen LogP contribution in [0, 0.1) is 6.92 Å². The summed E-state index contributed by atoms with van der Waals surface area (Å²) in [6.07, 6.45) is 4.80. The van der Waals surface area contributed by atoms with E-state index < -0.39 is 11.7 Å². The van der Waals surface area contributed by atoms with E-state index in [1.807, 2.05) is 64.2 Å². The normalized spacial score (nSPS) is 14.3. The number of anilines is 4. The molecule has 202 valence electrons. The highest BCUT2D eigenvalue weighted by Crippen LogP contribution is 2.34. The number of carbonyl (C=O) groups excluding carboxylic acids is 1. The summed E-state index contributed by atoms with van der Waals surface area (Å²) in [6, 6.07) is 14.1. The van der Waals surface area contributed by atoms with Crippen LogP contribution in [0.25, 0.3) is 22.0 Å². The van der Waals surface area contributed by atoms with Gasteiger partial charge < -0.3 is 19.9 Å². The second kappa shape index (κ2) is 10.9. The number of hydrogen-bond donors (Lipinski definition) is 2. The Labute approximate surface area is 229 Å². The molecule has 4 aromatic rings. The molecule has 0 spiro atoms. The van der Waals surface area contributed by atoms with Gasteiger partial charge in [0.1, 0.15) is 5.60 Å². The van der Waals surface area contributed by atoms with E-state index in [9.17, 15) is 4.79 Å². The summed E-state index contributed by atoms with van der Waals surface area (Å²) in [5.41, 5.74) is 5.72. The van der Waals surface area contributed by atoms with Gasteiger partial charge in [-0.3, -0.25) is 10.3 Å². The van der Waals surface area contributed by atoms with Crippen molar-refractivity contribution in [3.05, 3.63) is 66.6 Å². The van der Waals surface area contributed by atoms with Crippen LogP contribution in [0.15, 0.2) is 61.1 Å². The molecule has 0 aliphatic carbocycles. The fourth-order valence-electron chi connectivity index (χ4n) is 4.62. The molecule has 2 aromatic heterocycles. The highest BCUT2D eigenvalue weighted by molar-refractivity contribution is 6.05. The number of aromatic nitrogens is 3. The van der Waals surface area contributed by atoms with Gasteiger partial charge in [-0.2, -0.15) is 0 Å². The second-order valence-electron chi connectivity index (χ2n) is 10.9. The Bertz CT molecular complexity index is 1470. The van der Waals surface area contributed by atoms with Gasteiger partial charge in [0.2, 0.25) is 5.95 Å². The number of nitrogens with zero attached hydrogens (tertiary/aromatic N) is 5. The van der Waals surface area contributed by atoms with Crippen LogP contribution in [0.1, 0.15) is 26.3 Å². The molecule has 0 unspecified atom stereocenters. The quantitative estimate of drug-likeness (QED) is 0.335. The number of benzene rings is 2. The number of nitrogens with one attached hydrogen (secondary N) is 2. The number of rotatable bonds is 5. The molecule has 1 fully saturated rings. The van der Waals surface area contributed by atoms with Crippen molar-refractivity contribution < 1.29 is 9.53 Å². The summed E-state index contributed by atoms with van der Waals surface area (Å²) in [7, 11) is 2.16. The average Bonchev–Trinajstić information content (AvgIpc) is 2.89. The first kappa shape index (κ1) is 26.4. The zero-order chi connectivity index (χ0) is 27.6. The Hall–Kier alpha value is -4.24. The molecule has 39 heavy (non-hydrogen) atoms. The van der Waals surface area contributed by atoms with Crippen LogP contribution in [0.2, 0.25) is 0 Å². The standard InChI is InChI=1S/C30H35N7O2/c1-20-12-13-31-18-24(20)23-10-11-26(34-29(38)39-30(2,3)4)25-19-32-28(35-27(23)25)33-21-6-8-22(9-7-21)37-16-14-36(5)15-17-37/h6-13,18-19H,14-17H2,1-5H3,(H,34,38)(H,32,33,35). The number of fused-ring (bicyclic) bond motifs is 1. The first-order chi connectivity index (χ1) is 18.7. The number of carbonyl (C=O) groups is 1. The Balaban J connectivity index is 1.46. The number of amides is 1. The maximum absolute atomic E-state index is 12.5. The van der Waals surface area contributed by atoms with Gasteiger partial charge in [0.25, 0.3) is 0 Å². The maximum atomic E-state index is 12.5. The van der Waals surface area contributed by atoms with Crippen LogP contribution in [-0.4, -0.2) is 64.8 Å². The lowest BCUT2D eigenvalue weighted by Gasteiger charge is -2.34. The van der Waals surface area contributed by atoms with Gasteiger partial charge in [0.15, 0.2) is 0 Å². The minimum Gasteiger partial charge on any atom is -0.444 e. The van der Waals surface area contributed by atoms with Crippen LogP contribution in [0.3, 0.4) is 0 Å². The Kier molecular flexibility index (Phi) is 7.34. The minimum absolute atomic E-state index is 0.465. The van der Waals surface area contributed by atoms with Gasteiger partial charge >= 0.3 is 6.09 Å². The SMILES string of the molecule is Cc1ccncc1-c1ccc(NC(=O)OC(C)(C)C)c2cnc(Nc3ccc(N4CCN(C)CC4)cc3)nc12. The summed E-state index contributed by atoms with van der Waals surface area (Å²) >= 11 is 0. The molecule has 3 heterocycles. The monoisotopic (exact) mass is 525 g/mol. The predicted octanol–water partition coefficient (Wildman–Crippen LogP) is 5.84. The largest absolute Gasteiger partial charge is 0.444 e. The molecule has 2 N–H and O–H groups in total. The molecule has 5 rings (SSSR count). The van der Waals surface area contributed by atoms with Crippen molar-refractivity contribution in [3.63, 3.8) is 0 Å². The van der Waals surface area contributed by atoms with Gasteiger partial charge in [-0.1, -0.05) is 6.07 Å². The Morgan fingerprint density at radius 2 is 1.69 bits per heavy atom. The van der Waals surface area contributed by atoms with Gasteiger partial charge in [-0.15, -0.1) is 0 Å². The highest BCUT2D eigenvalue weighted by atomic mass is 16.6. The predicted molar refractivity (Wildman–Crippen MR) is 157 cm³/mol. The second-order valence-corrected chi connectivity index (χ2v) is 10.9. The van der Waals surface area contributed by atoms with E-state index in [1.54, 1.807) is 12.4 Å². The van der Waals surface area contributed by atoms with Gasteiger partial charge in [0.05, 0.1) is 11.2 Å². The van der Waals surface area contributed by atoms with Crippen molar-refractivity contribution in [2.75, 3.05) is 48.8 Å². The Morgan fingerprint density at radius 3 is 2.38 bits per heavy atom. The smallest absolute Gasteiger partial charge is 0.412 e. The third kappa shape index (κ3) is 6.26. The summed E-state index contributed by atoms with van der Waals surface area (Å²) in [4.78, 5) is 31.1. The first-order valence-corrected chi connectivity index (χ1v) is 13.2. The maximum Gasteiger partial charge on any atom is 0.412 e. The van der Waals surface area contributed by atoms with E-state index in [1.165, 1.54) is 5.69 Å². The van der Waals surface area contributed by atoms with E-state index in [4.69, 9.17) is 9.72 Å². The Morgan fingerprint density at radius 1 is 0.949 bits per heavy atom. The number of aryl methyl sites for hydroxylation is 1. The average molecular weight is 526 g/mol. The molecule has 1 saturated heterocycles. The fourth-order valence-corrected chi connectivity index (χ4v) is 4.62. The molecular weight excluding hydrogens is 490 g/mol. The summed E-state index contributed by atoms with van der Waals surface area (Å²) in [5, 5.41) is 6.91. The topological polar surface area (TPSA) is 95.5 Å². The molecule has 0 bridgehead atoms. The lowest BCUT2D eigenvalue weighted by molar-refractivity contribution is 0.0636. The zero-order valence-corrected chi connectivity index (χ0v) is 23.2. The number of piperazine rings is 1. The van der Waals surface area contributed by atoms with E-state index >= 15 is 0 Å². The molecule has 0 atom stereocenters. The van der Waals surface area contributed by atoms with Crippen molar-refractivity contribution >= 4 is 40.0 Å². The molecule has 1 aliphatic heterocycles. The zero-order valence-electron chi connectivity index (χ0n) is 23.2. The van der Waals surface area contributed by atoms with Crippen LogP contribution in [0.4, 0.5) is 27.8 Å². The van der Waals surface area contributed by atoms with E-state index in [0.717, 1.165) is 48.6 Å². The van der Waals surface area contributed by atoms with Crippen molar-refractivity contribution in [2.24, 2.45) is 0 Å². The minimum atomic E-state index is -0.611. The number of likely N-dealkylation sites (N-methyl/N-ethyl adjacent to an activating group) is 1. The van der Waals surface area contributed by atoms with Crippen molar-refractivity contribution in [1.82, 2.24) is 19.9 Å². The summed E-state index contributed by atoms with van der Waals surface area (Å²) in [5.74, 6) is 0.465. The molecule has 9 heteroatoms. The first-order valence-electron chi connectivity index (χ1n) is 13.2. The number of pyridine rings is 1. The number of ether oxygens (including phenoxy) is 1. The van der Waals surface area contributed by atoms with E-state index in [2.05, 4.69) is 49.6 Å². The fraction of sp³-hybridized carbons (Fsp3) is 0.333. The third-order valence-electron chi connectivity index (χ3n) is 6.71. The number of hydrogen-bond acceptors (Lipinski definition) is 8. The molecule has 9 nitrogen and oxygen atoms in total. The van der Waals surface area contributed by atoms with Crippen LogP contribution < -0.4 is 15.5 Å². The summed E-state index contributed by atoms with van der Waals surface area (Å²) in [6.45, 7) is 11.7. The van der Waals surface area contributed by atoms with Crippen molar-refractivity contribution in [2.45, 2.75) is 33.3 Å². The third-order valence-corrected chi connectivity index (χ3v) is 6.71. The van der Waals surface area contributed by atoms with Gasteiger partial charge in [-0.25, -0.2) is 14.8 Å². The highest BCUT2D eigenvalue weighted by Gasteiger charge is 2.19. The van der Waals surface area contributed by atoms with Crippen molar-refractivity contribution in [1.29, 1.82) is 0 Å². The van der Waals surface area contributed by atoms with E-state index in [-0.39, 0.29) is 0 Å². The van der Waals surface area contributed by atoms with Crippen LogP contribution in [-0.2, 0) is 4.74 Å². The van der Waals surface area contributed by atoms with Crippen molar-refractivity contribution in [3.8, 4) is 11.1 Å².